The Hall–Kier alpha value is -1.06. The molecule has 0 aliphatic rings. The lowest BCUT2D eigenvalue weighted by atomic mass is 10.1. The molecular weight excluding hydrogens is 240 g/mol. The first-order valence-corrected chi connectivity index (χ1v) is 7.42. The minimum absolute atomic E-state index is 0.284. The summed E-state index contributed by atoms with van der Waals surface area (Å²) in [6.45, 7) is 6.44. The predicted octanol–water partition coefficient (Wildman–Crippen LogP) is 3.47. The average molecular weight is 260 g/mol. The van der Waals surface area contributed by atoms with E-state index in [4.69, 9.17) is 0 Å². The maximum absolute atomic E-state index is 4.16. The molecule has 3 heteroatoms. The molecule has 0 radical (unpaired) electrons. The molecule has 1 aromatic carbocycles. The van der Waals surface area contributed by atoms with Gasteiger partial charge in [-0.2, -0.15) is 11.8 Å². The van der Waals surface area contributed by atoms with Crippen LogP contribution in [0.4, 0.5) is 0 Å². The molecule has 0 fully saturated rings. The molecule has 0 amide bonds. The van der Waals surface area contributed by atoms with E-state index in [1.165, 1.54) is 16.3 Å². The Balaban J connectivity index is 2.08. The van der Waals surface area contributed by atoms with Crippen LogP contribution in [0.15, 0.2) is 36.7 Å². The maximum atomic E-state index is 4.16. The van der Waals surface area contributed by atoms with Gasteiger partial charge >= 0.3 is 0 Å². The normalized spacial score (nSPS) is 11.9. The summed E-state index contributed by atoms with van der Waals surface area (Å²) in [7, 11) is 0. The predicted molar refractivity (Wildman–Crippen MR) is 81.0 cm³/mol. The molecule has 0 saturated heterocycles. The van der Waals surface area contributed by atoms with Crippen LogP contribution in [0.2, 0.25) is 0 Å². The van der Waals surface area contributed by atoms with Crippen molar-refractivity contribution < 1.29 is 0 Å². The molecule has 0 bridgehead atoms. The highest BCUT2D eigenvalue weighted by Crippen LogP contribution is 2.21. The number of nitrogens with zero attached hydrogens (tertiary/aromatic N) is 1. The third-order valence-corrected chi connectivity index (χ3v) is 4.44. The topological polar surface area (TPSA) is 24.9 Å². The van der Waals surface area contributed by atoms with Crippen molar-refractivity contribution >= 4 is 22.5 Å². The van der Waals surface area contributed by atoms with Crippen molar-refractivity contribution in [3.63, 3.8) is 0 Å². The van der Waals surface area contributed by atoms with Gasteiger partial charge in [-0.25, -0.2) is 0 Å². The monoisotopic (exact) mass is 260 g/mol. The second-order valence-corrected chi connectivity index (χ2v) is 6.59. The Morgan fingerprint density at radius 1 is 1.28 bits per heavy atom. The summed E-state index contributed by atoms with van der Waals surface area (Å²) in [5, 5.41) is 6.05. The molecule has 0 aliphatic heterocycles. The lowest BCUT2D eigenvalue weighted by molar-refractivity contribution is 0.592. The molecule has 1 N–H and O–H groups in total. The van der Waals surface area contributed by atoms with Gasteiger partial charge in [0, 0.05) is 35.6 Å². The van der Waals surface area contributed by atoms with Crippen LogP contribution in [0.1, 0.15) is 19.4 Å². The van der Waals surface area contributed by atoms with Crippen LogP contribution in [0.25, 0.3) is 10.8 Å². The van der Waals surface area contributed by atoms with Gasteiger partial charge in [0.25, 0.3) is 0 Å². The third kappa shape index (κ3) is 3.24. The SMILES string of the molecule is CSC(C)(C)CNCc1cccc2cnccc12. The molecule has 18 heavy (non-hydrogen) atoms. The Bertz CT molecular complexity index is 517. The van der Waals surface area contributed by atoms with Gasteiger partial charge in [-0.1, -0.05) is 18.2 Å². The molecule has 2 rings (SSSR count). The van der Waals surface area contributed by atoms with Crippen LogP contribution in [0, 0.1) is 0 Å². The molecule has 0 atom stereocenters. The molecule has 2 aromatic rings. The summed E-state index contributed by atoms with van der Waals surface area (Å²) in [6.07, 6.45) is 5.94. The maximum Gasteiger partial charge on any atom is 0.0346 e. The largest absolute Gasteiger partial charge is 0.311 e. The van der Waals surface area contributed by atoms with Crippen molar-refractivity contribution in [2.75, 3.05) is 12.8 Å². The first-order chi connectivity index (χ1) is 8.62. The Labute approximate surface area is 113 Å². The van der Waals surface area contributed by atoms with Crippen LogP contribution in [-0.2, 0) is 6.54 Å². The van der Waals surface area contributed by atoms with Gasteiger partial charge in [0.2, 0.25) is 0 Å². The highest BCUT2D eigenvalue weighted by molar-refractivity contribution is 7.99. The van der Waals surface area contributed by atoms with Gasteiger partial charge in [0.1, 0.15) is 0 Å². The van der Waals surface area contributed by atoms with Crippen molar-refractivity contribution in [3.8, 4) is 0 Å². The van der Waals surface area contributed by atoms with Crippen molar-refractivity contribution in [1.29, 1.82) is 0 Å². The third-order valence-electron chi connectivity index (χ3n) is 3.19. The second-order valence-electron chi connectivity index (χ2n) is 5.08. The van der Waals surface area contributed by atoms with E-state index in [0.717, 1.165) is 13.1 Å². The number of rotatable bonds is 5. The molecule has 2 nitrogen and oxygen atoms in total. The minimum Gasteiger partial charge on any atom is -0.311 e. The van der Waals surface area contributed by atoms with Crippen molar-refractivity contribution in [2.45, 2.75) is 25.1 Å². The summed E-state index contributed by atoms with van der Waals surface area (Å²) in [5.41, 5.74) is 1.34. The first-order valence-electron chi connectivity index (χ1n) is 6.20. The fourth-order valence-electron chi connectivity index (χ4n) is 1.91. The fraction of sp³-hybridized carbons (Fsp3) is 0.400. The van der Waals surface area contributed by atoms with Gasteiger partial charge in [0.05, 0.1) is 0 Å². The molecular formula is C15H20N2S. The summed E-state index contributed by atoms with van der Waals surface area (Å²) in [6, 6.07) is 8.48. The number of nitrogens with one attached hydrogen (secondary N) is 1. The van der Waals surface area contributed by atoms with E-state index in [-0.39, 0.29) is 4.75 Å². The van der Waals surface area contributed by atoms with E-state index in [1.807, 2.05) is 24.2 Å². The zero-order chi connectivity index (χ0) is 13.0. The smallest absolute Gasteiger partial charge is 0.0346 e. The van der Waals surface area contributed by atoms with E-state index >= 15 is 0 Å². The van der Waals surface area contributed by atoms with Gasteiger partial charge < -0.3 is 5.32 Å². The van der Waals surface area contributed by atoms with Gasteiger partial charge in [-0.05, 0) is 37.1 Å². The van der Waals surface area contributed by atoms with Crippen molar-refractivity contribution in [3.05, 3.63) is 42.2 Å². The van der Waals surface area contributed by atoms with Crippen molar-refractivity contribution in [2.24, 2.45) is 0 Å². The van der Waals surface area contributed by atoms with Gasteiger partial charge in [-0.3, -0.25) is 4.98 Å². The minimum atomic E-state index is 0.284. The Kier molecular flexibility index (Phi) is 4.25. The molecule has 1 aromatic heterocycles. The number of hydrogen-bond acceptors (Lipinski definition) is 3. The first kappa shape index (κ1) is 13.4. The quantitative estimate of drug-likeness (QED) is 0.891. The highest BCUT2D eigenvalue weighted by Gasteiger charge is 2.14. The zero-order valence-electron chi connectivity index (χ0n) is 11.2. The highest BCUT2D eigenvalue weighted by atomic mass is 32.2. The van der Waals surface area contributed by atoms with Gasteiger partial charge in [-0.15, -0.1) is 0 Å². The van der Waals surface area contributed by atoms with Gasteiger partial charge in [0.15, 0.2) is 0 Å². The number of fused-ring (bicyclic) bond motifs is 1. The molecule has 0 spiro atoms. The fourth-order valence-corrected chi connectivity index (χ4v) is 2.16. The molecule has 0 saturated carbocycles. The standard InChI is InChI=1S/C15H20N2S/c1-15(2,18-3)11-17-10-13-6-4-5-12-9-16-8-7-14(12)13/h4-9,17H,10-11H2,1-3H3. The average Bonchev–Trinajstić information content (AvgIpc) is 2.39. The van der Waals surface area contributed by atoms with Crippen LogP contribution >= 0.6 is 11.8 Å². The number of pyridine rings is 1. The lowest BCUT2D eigenvalue weighted by Crippen LogP contribution is -2.31. The Morgan fingerprint density at radius 3 is 2.89 bits per heavy atom. The second kappa shape index (κ2) is 5.72. The van der Waals surface area contributed by atoms with E-state index in [0.29, 0.717) is 0 Å². The molecule has 0 aliphatic carbocycles. The Morgan fingerprint density at radius 2 is 2.11 bits per heavy atom. The van der Waals surface area contributed by atoms with E-state index in [9.17, 15) is 0 Å². The molecule has 96 valence electrons. The molecule has 0 unspecified atom stereocenters. The number of thioether (sulfide) groups is 1. The van der Waals surface area contributed by atoms with Crippen LogP contribution in [0.3, 0.4) is 0 Å². The van der Waals surface area contributed by atoms with E-state index < -0.39 is 0 Å². The van der Waals surface area contributed by atoms with Crippen LogP contribution in [0.5, 0.6) is 0 Å². The number of hydrogen-bond donors (Lipinski definition) is 1. The van der Waals surface area contributed by atoms with Crippen LogP contribution in [-0.4, -0.2) is 22.5 Å². The van der Waals surface area contributed by atoms with E-state index in [2.05, 4.69) is 54.7 Å². The van der Waals surface area contributed by atoms with Crippen LogP contribution < -0.4 is 5.32 Å². The summed E-state index contributed by atoms with van der Waals surface area (Å²) < 4.78 is 0.284. The summed E-state index contributed by atoms with van der Waals surface area (Å²) in [4.78, 5) is 4.16. The zero-order valence-corrected chi connectivity index (χ0v) is 12.1. The summed E-state index contributed by atoms with van der Waals surface area (Å²) in [5.74, 6) is 0. The number of aromatic nitrogens is 1. The molecule has 1 heterocycles. The summed E-state index contributed by atoms with van der Waals surface area (Å²) >= 11 is 1.89. The lowest BCUT2D eigenvalue weighted by Gasteiger charge is -2.22. The van der Waals surface area contributed by atoms with Crippen molar-refractivity contribution in [1.82, 2.24) is 10.3 Å². The van der Waals surface area contributed by atoms with E-state index in [1.54, 1.807) is 0 Å². The number of benzene rings is 1.